The van der Waals surface area contributed by atoms with E-state index in [1.807, 2.05) is 43.3 Å². The molecule has 0 saturated heterocycles. The van der Waals surface area contributed by atoms with Crippen LogP contribution in [-0.4, -0.2) is 34.6 Å². The molecule has 1 N–H and O–H groups in total. The molecule has 1 aromatic heterocycles. The first kappa shape index (κ1) is 18.9. The number of methoxy groups -OCH3 is 1. The van der Waals surface area contributed by atoms with Crippen molar-refractivity contribution in [3.05, 3.63) is 65.5 Å². The Bertz CT molecular complexity index is 983. The number of fused-ring (bicyclic) bond motifs is 1. The van der Waals surface area contributed by atoms with Crippen LogP contribution in [0.3, 0.4) is 0 Å². The number of carbonyl (C=O) groups is 1. The highest BCUT2D eigenvalue weighted by molar-refractivity contribution is 6.03. The lowest BCUT2D eigenvalue weighted by atomic mass is 10.1. The molecular formula is C21H22N4O4. The number of carbonyl (C=O) groups excluding carboxylic acids is 1. The van der Waals surface area contributed by atoms with Gasteiger partial charge in [-0.3, -0.25) is 4.79 Å². The lowest BCUT2D eigenvalue weighted by Gasteiger charge is -2.24. The molecule has 3 aromatic rings. The Balaban J connectivity index is 1.45. The molecule has 0 saturated carbocycles. The number of hydrogen-bond acceptors (Lipinski definition) is 6. The summed E-state index contributed by atoms with van der Waals surface area (Å²) in [6.07, 6.45) is -0.155. The first-order valence-corrected chi connectivity index (χ1v) is 9.40. The van der Waals surface area contributed by atoms with Crippen LogP contribution in [0, 0.1) is 0 Å². The Morgan fingerprint density at radius 3 is 2.59 bits per heavy atom. The van der Waals surface area contributed by atoms with Crippen molar-refractivity contribution < 1.29 is 19.0 Å². The van der Waals surface area contributed by atoms with Gasteiger partial charge < -0.3 is 19.5 Å². The maximum atomic E-state index is 12.7. The zero-order valence-electron chi connectivity index (χ0n) is 16.3. The van der Waals surface area contributed by atoms with Gasteiger partial charge >= 0.3 is 0 Å². The number of amides is 1. The summed E-state index contributed by atoms with van der Waals surface area (Å²) in [5.41, 5.74) is 2.62. The molecule has 0 radical (unpaired) electrons. The minimum atomic E-state index is -0.318. The smallest absolute Gasteiger partial charge is 0.278 e. The van der Waals surface area contributed by atoms with Crippen LogP contribution in [0.15, 0.2) is 48.5 Å². The van der Waals surface area contributed by atoms with Crippen molar-refractivity contribution in [2.75, 3.05) is 19.0 Å². The molecule has 8 heteroatoms. The summed E-state index contributed by atoms with van der Waals surface area (Å²) in [5, 5.41) is 11.1. The Morgan fingerprint density at radius 1 is 1.17 bits per heavy atom. The van der Waals surface area contributed by atoms with Crippen LogP contribution in [0.5, 0.6) is 11.5 Å². The van der Waals surface area contributed by atoms with E-state index in [0.29, 0.717) is 24.5 Å². The van der Waals surface area contributed by atoms with Gasteiger partial charge in [-0.25, -0.2) is 4.68 Å². The predicted octanol–water partition coefficient (Wildman–Crippen LogP) is 3.21. The van der Waals surface area contributed by atoms with Gasteiger partial charge in [0.1, 0.15) is 17.6 Å². The van der Waals surface area contributed by atoms with Crippen molar-refractivity contribution in [1.29, 1.82) is 0 Å². The number of nitrogens with one attached hydrogen (secondary N) is 1. The zero-order chi connectivity index (χ0) is 20.2. The van der Waals surface area contributed by atoms with Gasteiger partial charge in [0.25, 0.3) is 5.91 Å². The zero-order valence-corrected chi connectivity index (χ0v) is 16.3. The summed E-state index contributed by atoms with van der Waals surface area (Å²) in [4.78, 5) is 12.7. The topological polar surface area (TPSA) is 87.5 Å². The van der Waals surface area contributed by atoms with Crippen molar-refractivity contribution in [2.45, 2.75) is 26.2 Å². The molecule has 150 valence electrons. The maximum absolute atomic E-state index is 12.7. The molecule has 1 aliphatic heterocycles. The van der Waals surface area contributed by atoms with Crippen LogP contribution in [0.25, 0.3) is 0 Å². The van der Waals surface area contributed by atoms with E-state index in [-0.39, 0.29) is 24.3 Å². The molecule has 1 amide bonds. The summed E-state index contributed by atoms with van der Waals surface area (Å²) >= 11 is 0. The second kappa shape index (κ2) is 8.32. The van der Waals surface area contributed by atoms with Crippen LogP contribution in [-0.2, 0) is 17.9 Å². The summed E-state index contributed by atoms with van der Waals surface area (Å²) in [7, 11) is 1.63. The summed E-state index contributed by atoms with van der Waals surface area (Å²) in [6.45, 7) is 3.27. The van der Waals surface area contributed by atoms with Gasteiger partial charge in [-0.15, -0.1) is 5.10 Å². The van der Waals surface area contributed by atoms with Crippen molar-refractivity contribution in [1.82, 2.24) is 15.0 Å². The molecule has 0 bridgehead atoms. The number of aromatic nitrogens is 3. The van der Waals surface area contributed by atoms with Crippen LogP contribution in [0.1, 0.15) is 34.8 Å². The molecule has 0 spiro atoms. The molecule has 0 fully saturated rings. The van der Waals surface area contributed by atoms with Gasteiger partial charge in [-0.1, -0.05) is 17.3 Å². The highest BCUT2D eigenvalue weighted by Gasteiger charge is 2.27. The lowest BCUT2D eigenvalue weighted by Crippen LogP contribution is -2.24. The van der Waals surface area contributed by atoms with Crippen LogP contribution < -0.4 is 14.8 Å². The van der Waals surface area contributed by atoms with Gasteiger partial charge in [0.05, 0.1) is 32.6 Å². The standard InChI is InChI=1S/C21H22N4O4/c1-3-28-17-10-6-15(7-11-17)22-21(26)20-18-13-29-19(12-25(18)24-23-20)14-4-8-16(27-2)9-5-14/h4-11,19H,3,12-13H2,1-2H3,(H,22,26)/t19-/m1/s1. The minimum absolute atomic E-state index is 0.155. The van der Waals surface area contributed by atoms with E-state index < -0.39 is 0 Å². The quantitative estimate of drug-likeness (QED) is 0.691. The summed E-state index contributed by atoms with van der Waals surface area (Å²) < 4.78 is 18.3. The summed E-state index contributed by atoms with van der Waals surface area (Å²) in [5.74, 6) is 1.23. The van der Waals surface area contributed by atoms with E-state index in [0.717, 1.165) is 17.1 Å². The fraction of sp³-hybridized carbons (Fsp3) is 0.286. The third-order valence-electron chi connectivity index (χ3n) is 4.72. The van der Waals surface area contributed by atoms with Crippen molar-refractivity contribution in [3.8, 4) is 11.5 Å². The molecule has 8 nitrogen and oxygen atoms in total. The van der Waals surface area contributed by atoms with Gasteiger partial charge in [0.2, 0.25) is 0 Å². The van der Waals surface area contributed by atoms with Gasteiger partial charge in [0.15, 0.2) is 5.69 Å². The first-order chi connectivity index (χ1) is 14.2. The van der Waals surface area contributed by atoms with Crippen molar-refractivity contribution in [3.63, 3.8) is 0 Å². The number of ether oxygens (including phenoxy) is 3. The van der Waals surface area contributed by atoms with Gasteiger partial charge in [-0.2, -0.15) is 0 Å². The Kier molecular flexibility index (Phi) is 5.44. The third-order valence-corrected chi connectivity index (χ3v) is 4.72. The van der Waals surface area contributed by atoms with E-state index in [1.165, 1.54) is 0 Å². The first-order valence-electron chi connectivity index (χ1n) is 9.40. The van der Waals surface area contributed by atoms with Crippen LogP contribution in [0.4, 0.5) is 5.69 Å². The highest BCUT2D eigenvalue weighted by atomic mass is 16.5. The predicted molar refractivity (Wildman–Crippen MR) is 106 cm³/mol. The van der Waals surface area contributed by atoms with Gasteiger partial charge in [-0.05, 0) is 48.9 Å². The Hall–Kier alpha value is -3.39. The Labute approximate surface area is 168 Å². The molecule has 0 unspecified atom stereocenters. The molecule has 2 heterocycles. The third kappa shape index (κ3) is 4.07. The lowest BCUT2D eigenvalue weighted by molar-refractivity contribution is -0.00173. The highest BCUT2D eigenvalue weighted by Crippen LogP contribution is 2.28. The second-order valence-corrected chi connectivity index (χ2v) is 6.55. The van der Waals surface area contributed by atoms with E-state index in [9.17, 15) is 4.79 Å². The molecule has 29 heavy (non-hydrogen) atoms. The molecule has 0 aliphatic carbocycles. The largest absolute Gasteiger partial charge is 0.497 e. The van der Waals surface area contributed by atoms with Crippen LogP contribution >= 0.6 is 0 Å². The van der Waals surface area contributed by atoms with Crippen LogP contribution in [0.2, 0.25) is 0 Å². The number of rotatable bonds is 6. The summed E-state index contributed by atoms with van der Waals surface area (Å²) in [6, 6.07) is 14.9. The maximum Gasteiger partial charge on any atom is 0.278 e. The molecule has 4 rings (SSSR count). The monoisotopic (exact) mass is 394 g/mol. The molecular weight excluding hydrogens is 372 g/mol. The fourth-order valence-corrected chi connectivity index (χ4v) is 3.20. The second-order valence-electron chi connectivity index (χ2n) is 6.55. The average Bonchev–Trinajstić information content (AvgIpc) is 3.19. The average molecular weight is 394 g/mol. The number of hydrogen-bond donors (Lipinski definition) is 1. The molecule has 2 aromatic carbocycles. The number of anilines is 1. The SMILES string of the molecule is CCOc1ccc(NC(=O)c2nnn3c2CO[C@@H](c2ccc(OC)cc2)C3)cc1. The van der Waals surface area contributed by atoms with E-state index in [2.05, 4.69) is 15.6 Å². The fourth-order valence-electron chi connectivity index (χ4n) is 3.20. The van der Waals surface area contributed by atoms with Gasteiger partial charge in [0, 0.05) is 5.69 Å². The Morgan fingerprint density at radius 2 is 1.90 bits per heavy atom. The number of nitrogens with zero attached hydrogens (tertiary/aromatic N) is 3. The molecule has 1 aliphatic rings. The van der Waals surface area contributed by atoms with E-state index in [4.69, 9.17) is 14.2 Å². The van der Waals surface area contributed by atoms with E-state index >= 15 is 0 Å². The normalized spacial score (nSPS) is 15.4. The van der Waals surface area contributed by atoms with E-state index in [1.54, 1.807) is 23.9 Å². The van der Waals surface area contributed by atoms with Crippen molar-refractivity contribution >= 4 is 11.6 Å². The number of benzene rings is 2. The minimum Gasteiger partial charge on any atom is -0.497 e. The van der Waals surface area contributed by atoms with Crippen molar-refractivity contribution in [2.24, 2.45) is 0 Å². The molecule has 1 atom stereocenters.